The van der Waals surface area contributed by atoms with Gasteiger partial charge in [-0.1, -0.05) is 41.7 Å². The number of benzene rings is 1. The van der Waals surface area contributed by atoms with Gasteiger partial charge in [0.1, 0.15) is 5.01 Å². The standard InChI is InChI=1S/C15H20N4O3S/c1-10(12-6-4-3-5-7-12)22-9-13(20)8-16-14(21)17-15-19-18-11(2)23-15/h3-7,10,13,20H,8-9H2,1-2H3,(H2,16,17,19,21)/t10-,13+/m0/s1. The predicted molar refractivity (Wildman–Crippen MR) is 88.5 cm³/mol. The number of hydrogen-bond donors (Lipinski definition) is 3. The largest absolute Gasteiger partial charge is 0.389 e. The molecule has 23 heavy (non-hydrogen) atoms. The van der Waals surface area contributed by atoms with Crippen molar-refractivity contribution in [3.05, 3.63) is 40.9 Å². The number of nitrogens with zero attached hydrogens (tertiary/aromatic N) is 2. The molecule has 1 aromatic carbocycles. The SMILES string of the molecule is Cc1nnc(NC(=O)NC[C@@H](O)CO[C@@H](C)c2ccccc2)s1. The molecule has 0 saturated carbocycles. The number of amides is 2. The van der Waals surface area contributed by atoms with Gasteiger partial charge in [0.25, 0.3) is 0 Å². The van der Waals surface area contributed by atoms with Crippen molar-refractivity contribution in [2.24, 2.45) is 0 Å². The fraction of sp³-hybridized carbons (Fsp3) is 0.400. The Morgan fingerprint density at radius 2 is 2.09 bits per heavy atom. The number of aliphatic hydroxyl groups excluding tert-OH is 1. The molecule has 2 aromatic rings. The zero-order chi connectivity index (χ0) is 16.7. The highest BCUT2D eigenvalue weighted by atomic mass is 32.1. The molecule has 0 spiro atoms. The first-order chi connectivity index (χ1) is 11.0. The van der Waals surface area contributed by atoms with Crippen LogP contribution in [0, 0.1) is 6.92 Å². The topological polar surface area (TPSA) is 96.4 Å². The molecule has 0 aliphatic carbocycles. The average molecular weight is 336 g/mol. The minimum absolute atomic E-state index is 0.0884. The minimum atomic E-state index is -0.789. The molecule has 0 fully saturated rings. The van der Waals surface area contributed by atoms with Crippen molar-refractivity contribution >= 4 is 22.5 Å². The molecular weight excluding hydrogens is 316 g/mol. The van der Waals surface area contributed by atoms with Gasteiger partial charge in [-0.3, -0.25) is 5.32 Å². The van der Waals surface area contributed by atoms with Crippen molar-refractivity contribution in [3.8, 4) is 0 Å². The van der Waals surface area contributed by atoms with E-state index in [4.69, 9.17) is 4.74 Å². The summed E-state index contributed by atoms with van der Waals surface area (Å²) in [7, 11) is 0. The number of hydrogen-bond acceptors (Lipinski definition) is 6. The number of anilines is 1. The number of ether oxygens (including phenoxy) is 1. The van der Waals surface area contributed by atoms with E-state index in [0.717, 1.165) is 10.6 Å². The maximum Gasteiger partial charge on any atom is 0.321 e. The van der Waals surface area contributed by atoms with Crippen LogP contribution < -0.4 is 10.6 Å². The van der Waals surface area contributed by atoms with Crippen LogP contribution in [-0.4, -0.2) is 40.6 Å². The molecule has 0 radical (unpaired) electrons. The van der Waals surface area contributed by atoms with E-state index in [9.17, 15) is 9.90 Å². The maximum absolute atomic E-state index is 11.7. The molecule has 7 nitrogen and oxygen atoms in total. The van der Waals surface area contributed by atoms with Crippen molar-refractivity contribution < 1.29 is 14.6 Å². The van der Waals surface area contributed by atoms with E-state index in [1.165, 1.54) is 11.3 Å². The van der Waals surface area contributed by atoms with Gasteiger partial charge in [0.2, 0.25) is 5.13 Å². The Morgan fingerprint density at radius 3 is 2.74 bits per heavy atom. The van der Waals surface area contributed by atoms with Gasteiger partial charge in [0.05, 0.1) is 18.8 Å². The van der Waals surface area contributed by atoms with Crippen LogP contribution in [0.1, 0.15) is 23.6 Å². The summed E-state index contributed by atoms with van der Waals surface area (Å²) in [4.78, 5) is 11.7. The lowest BCUT2D eigenvalue weighted by molar-refractivity contribution is -0.000953. The highest BCUT2D eigenvalue weighted by Crippen LogP contribution is 2.16. The monoisotopic (exact) mass is 336 g/mol. The summed E-state index contributed by atoms with van der Waals surface area (Å²) < 4.78 is 5.60. The Kier molecular flexibility index (Phi) is 6.45. The summed E-state index contributed by atoms with van der Waals surface area (Å²) in [6.45, 7) is 3.94. The van der Waals surface area contributed by atoms with Gasteiger partial charge in [0, 0.05) is 6.54 Å². The molecule has 0 aliphatic rings. The second kappa shape index (κ2) is 8.56. The van der Waals surface area contributed by atoms with E-state index >= 15 is 0 Å². The van der Waals surface area contributed by atoms with E-state index < -0.39 is 12.1 Å². The number of aliphatic hydroxyl groups is 1. The van der Waals surface area contributed by atoms with Crippen LogP contribution in [0.4, 0.5) is 9.93 Å². The lowest BCUT2D eigenvalue weighted by Crippen LogP contribution is -2.37. The first-order valence-corrected chi connectivity index (χ1v) is 8.06. The maximum atomic E-state index is 11.7. The number of aromatic nitrogens is 2. The molecule has 0 unspecified atom stereocenters. The third-order valence-corrected chi connectivity index (χ3v) is 3.81. The molecule has 2 atom stereocenters. The van der Waals surface area contributed by atoms with Gasteiger partial charge in [-0.05, 0) is 19.4 Å². The highest BCUT2D eigenvalue weighted by Gasteiger charge is 2.12. The van der Waals surface area contributed by atoms with Crippen molar-refractivity contribution in [3.63, 3.8) is 0 Å². The Bertz CT molecular complexity index is 620. The van der Waals surface area contributed by atoms with Crippen LogP contribution in [0.2, 0.25) is 0 Å². The second-order valence-electron chi connectivity index (χ2n) is 5.00. The first kappa shape index (κ1) is 17.3. The summed E-state index contributed by atoms with van der Waals surface area (Å²) in [5, 5.41) is 23.8. The number of urea groups is 1. The molecule has 3 N–H and O–H groups in total. The molecule has 0 bridgehead atoms. The van der Waals surface area contributed by atoms with Crippen molar-refractivity contribution in [2.75, 3.05) is 18.5 Å². The molecule has 1 heterocycles. The number of aryl methyl sites for hydroxylation is 1. The van der Waals surface area contributed by atoms with Gasteiger partial charge < -0.3 is 15.2 Å². The number of nitrogens with one attached hydrogen (secondary N) is 2. The second-order valence-corrected chi connectivity index (χ2v) is 6.18. The zero-order valence-electron chi connectivity index (χ0n) is 13.0. The molecule has 2 rings (SSSR count). The summed E-state index contributed by atoms with van der Waals surface area (Å²) >= 11 is 1.28. The van der Waals surface area contributed by atoms with E-state index in [1.54, 1.807) is 6.92 Å². The van der Waals surface area contributed by atoms with Gasteiger partial charge >= 0.3 is 6.03 Å². The molecule has 1 aromatic heterocycles. The van der Waals surface area contributed by atoms with Crippen LogP contribution in [0.5, 0.6) is 0 Å². The Labute approximate surface area is 138 Å². The van der Waals surface area contributed by atoms with Gasteiger partial charge in [-0.2, -0.15) is 0 Å². The fourth-order valence-electron chi connectivity index (χ4n) is 1.83. The van der Waals surface area contributed by atoms with Crippen LogP contribution >= 0.6 is 11.3 Å². The molecule has 124 valence electrons. The Balaban J connectivity index is 1.66. The molecule has 8 heteroatoms. The fourth-order valence-corrected chi connectivity index (χ4v) is 2.42. The Hall–Kier alpha value is -2.03. The third kappa shape index (κ3) is 5.93. The van der Waals surface area contributed by atoms with Gasteiger partial charge in [-0.25, -0.2) is 4.79 Å². The first-order valence-electron chi connectivity index (χ1n) is 7.24. The summed E-state index contributed by atoms with van der Waals surface area (Å²) in [6, 6.07) is 9.31. The number of rotatable bonds is 7. The molecule has 0 aliphatic heterocycles. The zero-order valence-corrected chi connectivity index (χ0v) is 13.8. The van der Waals surface area contributed by atoms with Crippen molar-refractivity contribution in [1.82, 2.24) is 15.5 Å². The summed E-state index contributed by atoms with van der Waals surface area (Å²) in [5.74, 6) is 0. The van der Waals surface area contributed by atoms with Gasteiger partial charge in [0.15, 0.2) is 0 Å². The van der Waals surface area contributed by atoms with E-state index in [1.807, 2.05) is 37.3 Å². The average Bonchev–Trinajstić information content (AvgIpc) is 2.96. The van der Waals surface area contributed by atoms with Crippen molar-refractivity contribution in [1.29, 1.82) is 0 Å². The van der Waals surface area contributed by atoms with Crippen LogP contribution in [-0.2, 0) is 4.74 Å². The predicted octanol–water partition coefficient (Wildman–Crippen LogP) is 2.11. The molecular formula is C15H20N4O3S. The van der Waals surface area contributed by atoms with Gasteiger partial charge in [-0.15, -0.1) is 10.2 Å². The summed E-state index contributed by atoms with van der Waals surface area (Å²) in [6.07, 6.45) is -0.910. The molecule has 2 amide bonds. The smallest absolute Gasteiger partial charge is 0.321 e. The summed E-state index contributed by atoms with van der Waals surface area (Å²) in [5.41, 5.74) is 1.04. The normalized spacial score (nSPS) is 13.3. The van der Waals surface area contributed by atoms with Crippen LogP contribution in [0.25, 0.3) is 0 Å². The quantitative estimate of drug-likeness (QED) is 0.719. The highest BCUT2D eigenvalue weighted by molar-refractivity contribution is 7.15. The van der Waals surface area contributed by atoms with Crippen molar-refractivity contribution in [2.45, 2.75) is 26.1 Å². The van der Waals surface area contributed by atoms with Crippen LogP contribution in [0.15, 0.2) is 30.3 Å². The van der Waals surface area contributed by atoms with Crippen LogP contribution in [0.3, 0.4) is 0 Å². The minimum Gasteiger partial charge on any atom is -0.389 e. The lowest BCUT2D eigenvalue weighted by atomic mass is 10.1. The number of carbonyl (C=O) groups is 1. The van der Waals surface area contributed by atoms with E-state index in [-0.39, 0.29) is 19.3 Å². The van der Waals surface area contributed by atoms with E-state index in [2.05, 4.69) is 20.8 Å². The number of carbonyl (C=O) groups excluding carboxylic acids is 1. The third-order valence-electron chi connectivity index (χ3n) is 3.05. The Morgan fingerprint density at radius 1 is 1.35 bits per heavy atom. The lowest BCUT2D eigenvalue weighted by Gasteiger charge is -2.17. The van der Waals surface area contributed by atoms with E-state index in [0.29, 0.717) is 5.13 Å². The molecule has 0 saturated heterocycles.